The molecule has 2 aliphatic rings. The Labute approximate surface area is 89.1 Å². The number of fused-ring (bicyclic) bond motifs is 1. The lowest BCUT2D eigenvalue weighted by atomic mass is 10.0. The molecule has 3 nitrogen and oxygen atoms in total. The number of aromatic hydroxyl groups is 1. The summed E-state index contributed by atoms with van der Waals surface area (Å²) in [4.78, 5) is 0. The van der Waals surface area contributed by atoms with Crippen LogP contribution in [0.25, 0.3) is 0 Å². The third kappa shape index (κ3) is 1.79. The van der Waals surface area contributed by atoms with Crippen molar-refractivity contribution in [2.75, 3.05) is 6.61 Å². The molecule has 1 unspecified atom stereocenters. The van der Waals surface area contributed by atoms with Crippen molar-refractivity contribution in [3.63, 3.8) is 0 Å². The van der Waals surface area contributed by atoms with Crippen LogP contribution >= 0.6 is 0 Å². The number of ether oxygens (including phenoxy) is 1. The molecule has 1 aromatic rings. The molecule has 3 heteroatoms. The highest BCUT2D eigenvalue weighted by molar-refractivity contribution is 5.45. The second-order valence-corrected chi connectivity index (χ2v) is 4.41. The lowest BCUT2D eigenvalue weighted by Gasteiger charge is -2.26. The summed E-state index contributed by atoms with van der Waals surface area (Å²) in [7, 11) is 0. The Hall–Kier alpha value is -1.22. The minimum absolute atomic E-state index is 0.356. The summed E-state index contributed by atoms with van der Waals surface area (Å²) in [6.07, 6.45) is 3.44. The van der Waals surface area contributed by atoms with E-state index in [4.69, 9.17) is 4.74 Å². The van der Waals surface area contributed by atoms with Gasteiger partial charge in [-0.3, -0.25) is 0 Å². The van der Waals surface area contributed by atoms with Crippen LogP contribution in [0.2, 0.25) is 0 Å². The van der Waals surface area contributed by atoms with Gasteiger partial charge in [0.1, 0.15) is 18.1 Å². The van der Waals surface area contributed by atoms with Crippen LogP contribution in [0.1, 0.15) is 18.4 Å². The molecule has 0 saturated heterocycles. The van der Waals surface area contributed by atoms with E-state index in [1.165, 1.54) is 12.8 Å². The fourth-order valence-electron chi connectivity index (χ4n) is 2.08. The number of phenolic OH excluding ortho intramolecular Hbond substituents is 1. The number of hydrogen-bond donors (Lipinski definition) is 2. The van der Waals surface area contributed by atoms with Gasteiger partial charge in [0.25, 0.3) is 0 Å². The third-order valence-corrected chi connectivity index (χ3v) is 3.05. The van der Waals surface area contributed by atoms with Crippen molar-refractivity contribution in [2.24, 2.45) is 0 Å². The summed E-state index contributed by atoms with van der Waals surface area (Å²) in [6.45, 7) is 0.715. The van der Waals surface area contributed by atoms with E-state index in [-0.39, 0.29) is 0 Å². The van der Waals surface area contributed by atoms with Crippen molar-refractivity contribution in [3.8, 4) is 11.5 Å². The highest BCUT2D eigenvalue weighted by atomic mass is 16.5. The van der Waals surface area contributed by atoms with E-state index in [0.717, 1.165) is 17.7 Å². The van der Waals surface area contributed by atoms with Crippen LogP contribution < -0.4 is 10.1 Å². The molecule has 0 spiro atoms. The average molecular weight is 205 g/mol. The molecule has 2 N–H and O–H groups in total. The Kier molecular flexibility index (Phi) is 2.06. The highest BCUT2D eigenvalue weighted by Gasteiger charge is 2.28. The summed E-state index contributed by atoms with van der Waals surface area (Å²) < 4.78 is 5.62. The third-order valence-electron chi connectivity index (χ3n) is 3.05. The molecular formula is C12H15NO2. The van der Waals surface area contributed by atoms with Crippen molar-refractivity contribution in [1.82, 2.24) is 5.32 Å². The zero-order chi connectivity index (χ0) is 10.3. The summed E-state index contributed by atoms with van der Waals surface area (Å²) in [6, 6.07) is 6.51. The van der Waals surface area contributed by atoms with Gasteiger partial charge in [0, 0.05) is 17.6 Å². The molecule has 1 aromatic carbocycles. The zero-order valence-electron chi connectivity index (χ0n) is 8.57. The molecule has 1 saturated carbocycles. The Morgan fingerprint density at radius 1 is 1.27 bits per heavy atom. The monoisotopic (exact) mass is 205 g/mol. The average Bonchev–Trinajstić information content (AvgIpc) is 3.03. The van der Waals surface area contributed by atoms with E-state index in [0.29, 0.717) is 24.4 Å². The molecule has 1 aliphatic heterocycles. The summed E-state index contributed by atoms with van der Waals surface area (Å²) >= 11 is 0. The van der Waals surface area contributed by atoms with Crippen LogP contribution in [0.3, 0.4) is 0 Å². The first-order valence-corrected chi connectivity index (χ1v) is 5.52. The van der Waals surface area contributed by atoms with Crippen LogP contribution in [-0.2, 0) is 6.42 Å². The minimum Gasteiger partial charge on any atom is -0.508 e. The normalized spacial score (nSPS) is 24.4. The molecule has 1 aliphatic carbocycles. The molecular weight excluding hydrogens is 190 g/mol. The Bertz CT molecular complexity index is 374. The van der Waals surface area contributed by atoms with Gasteiger partial charge in [0.15, 0.2) is 0 Å². The van der Waals surface area contributed by atoms with E-state index >= 15 is 0 Å². The number of benzene rings is 1. The molecule has 0 bridgehead atoms. The standard InChI is InChI=1S/C12H15NO2/c14-11-2-1-3-12-10(11)6-9(7-15-12)13-8-4-5-8/h1-3,8-9,13-14H,4-7H2. The minimum atomic E-state index is 0.356. The summed E-state index contributed by atoms with van der Waals surface area (Å²) in [5.74, 6) is 1.19. The van der Waals surface area contributed by atoms with Crippen LogP contribution in [0.5, 0.6) is 11.5 Å². The molecule has 3 rings (SSSR count). The van der Waals surface area contributed by atoms with E-state index in [1.807, 2.05) is 12.1 Å². The first-order valence-electron chi connectivity index (χ1n) is 5.52. The largest absolute Gasteiger partial charge is 0.508 e. The van der Waals surface area contributed by atoms with Gasteiger partial charge in [-0.25, -0.2) is 0 Å². The smallest absolute Gasteiger partial charge is 0.126 e. The van der Waals surface area contributed by atoms with Crippen LogP contribution in [0, 0.1) is 0 Å². The molecule has 1 heterocycles. The predicted molar refractivity (Wildman–Crippen MR) is 57.3 cm³/mol. The number of hydrogen-bond acceptors (Lipinski definition) is 3. The van der Waals surface area contributed by atoms with E-state index in [1.54, 1.807) is 6.07 Å². The SMILES string of the molecule is Oc1cccc2c1CC(NC1CC1)CO2. The van der Waals surface area contributed by atoms with Gasteiger partial charge in [-0.15, -0.1) is 0 Å². The van der Waals surface area contributed by atoms with Crippen molar-refractivity contribution in [3.05, 3.63) is 23.8 Å². The highest BCUT2D eigenvalue weighted by Crippen LogP contribution is 2.32. The fourth-order valence-corrected chi connectivity index (χ4v) is 2.08. The van der Waals surface area contributed by atoms with Gasteiger partial charge in [0.05, 0.1) is 0 Å². The van der Waals surface area contributed by atoms with Crippen molar-refractivity contribution in [2.45, 2.75) is 31.3 Å². The molecule has 1 atom stereocenters. The molecule has 1 fully saturated rings. The first kappa shape index (κ1) is 9.04. The Morgan fingerprint density at radius 3 is 2.93 bits per heavy atom. The van der Waals surface area contributed by atoms with Crippen molar-refractivity contribution < 1.29 is 9.84 Å². The maximum atomic E-state index is 9.72. The van der Waals surface area contributed by atoms with Gasteiger partial charge in [-0.1, -0.05) is 6.07 Å². The molecule has 0 radical (unpaired) electrons. The van der Waals surface area contributed by atoms with E-state index < -0.39 is 0 Å². The van der Waals surface area contributed by atoms with Gasteiger partial charge in [-0.05, 0) is 31.4 Å². The lowest BCUT2D eigenvalue weighted by molar-refractivity contribution is 0.234. The van der Waals surface area contributed by atoms with Gasteiger partial charge >= 0.3 is 0 Å². The predicted octanol–water partition coefficient (Wildman–Crippen LogP) is 1.45. The number of phenols is 1. The fraction of sp³-hybridized carbons (Fsp3) is 0.500. The quantitative estimate of drug-likeness (QED) is 0.767. The number of nitrogens with one attached hydrogen (secondary N) is 1. The summed E-state index contributed by atoms with van der Waals surface area (Å²) in [5, 5.41) is 13.2. The van der Waals surface area contributed by atoms with E-state index in [9.17, 15) is 5.11 Å². The van der Waals surface area contributed by atoms with Gasteiger partial charge in [0.2, 0.25) is 0 Å². The van der Waals surface area contributed by atoms with Gasteiger partial charge in [-0.2, -0.15) is 0 Å². The lowest BCUT2D eigenvalue weighted by Crippen LogP contribution is -2.40. The number of rotatable bonds is 2. The Morgan fingerprint density at radius 2 is 2.13 bits per heavy atom. The van der Waals surface area contributed by atoms with E-state index in [2.05, 4.69) is 5.32 Å². The second-order valence-electron chi connectivity index (χ2n) is 4.41. The van der Waals surface area contributed by atoms with Crippen molar-refractivity contribution >= 4 is 0 Å². The maximum Gasteiger partial charge on any atom is 0.126 e. The molecule has 15 heavy (non-hydrogen) atoms. The van der Waals surface area contributed by atoms with Crippen LogP contribution in [-0.4, -0.2) is 23.8 Å². The van der Waals surface area contributed by atoms with Crippen molar-refractivity contribution in [1.29, 1.82) is 0 Å². The summed E-state index contributed by atoms with van der Waals surface area (Å²) in [5.41, 5.74) is 0.946. The zero-order valence-corrected chi connectivity index (χ0v) is 8.57. The van der Waals surface area contributed by atoms with Crippen LogP contribution in [0.15, 0.2) is 18.2 Å². The molecule has 80 valence electrons. The second kappa shape index (κ2) is 3.42. The van der Waals surface area contributed by atoms with Gasteiger partial charge < -0.3 is 15.2 Å². The Balaban J connectivity index is 1.78. The van der Waals surface area contributed by atoms with Crippen LogP contribution in [0.4, 0.5) is 0 Å². The molecule has 0 amide bonds. The topological polar surface area (TPSA) is 41.5 Å². The first-order chi connectivity index (χ1) is 7.33. The maximum absolute atomic E-state index is 9.72. The molecule has 0 aromatic heterocycles.